The molecule has 2 bridgehead atoms. The van der Waals surface area contributed by atoms with E-state index in [4.69, 9.17) is 0 Å². The zero-order valence-electron chi connectivity index (χ0n) is 15.7. The van der Waals surface area contributed by atoms with Crippen molar-refractivity contribution in [3.05, 3.63) is 66.0 Å². The standard InChI is InChI=1S/C23H28FNOS/c24-19-10-12-22(13-11-19)27-15-5-14-25-20-8-4-9-21(25)17-23(26,16-20)18-6-2-1-3-7-18/h1-3,6-7,10-13,20-21,26H,4-5,8-9,14-17H2. The number of halogens is 1. The highest BCUT2D eigenvalue weighted by Gasteiger charge is 2.45. The molecule has 27 heavy (non-hydrogen) atoms. The Balaban J connectivity index is 1.34. The van der Waals surface area contributed by atoms with Gasteiger partial charge in [-0.05, 0) is 74.2 Å². The first-order valence-corrected chi connectivity index (χ1v) is 11.0. The van der Waals surface area contributed by atoms with E-state index in [2.05, 4.69) is 17.0 Å². The van der Waals surface area contributed by atoms with Crippen LogP contribution in [0.5, 0.6) is 0 Å². The Morgan fingerprint density at radius 1 is 1.00 bits per heavy atom. The monoisotopic (exact) mass is 385 g/mol. The maximum absolute atomic E-state index is 13.0. The summed E-state index contributed by atoms with van der Waals surface area (Å²) < 4.78 is 13.0. The topological polar surface area (TPSA) is 23.5 Å². The quantitative estimate of drug-likeness (QED) is 0.545. The number of fused-ring (bicyclic) bond motifs is 2. The minimum atomic E-state index is -0.670. The third kappa shape index (κ3) is 4.39. The fourth-order valence-corrected chi connectivity index (χ4v) is 5.68. The van der Waals surface area contributed by atoms with Crippen LogP contribution >= 0.6 is 11.8 Å². The van der Waals surface area contributed by atoms with Crippen molar-refractivity contribution in [2.24, 2.45) is 0 Å². The molecule has 2 aliphatic rings. The zero-order chi connectivity index (χ0) is 18.7. The molecule has 0 aliphatic carbocycles. The van der Waals surface area contributed by atoms with Crippen LogP contribution < -0.4 is 0 Å². The zero-order valence-corrected chi connectivity index (χ0v) is 16.5. The van der Waals surface area contributed by atoms with Gasteiger partial charge in [0.05, 0.1) is 5.60 Å². The molecule has 0 radical (unpaired) electrons. The molecule has 0 aromatic heterocycles. The average molecular weight is 386 g/mol. The molecule has 2 atom stereocenters. The molecule has 1 N–H and O–H groups in total. The molecule has 2 aromatic rings. The van der Waals surface area contributed by atoms with Crippen LogP contribution in [-0.2, 0) is 5.60 Å². The van der Waals surface area contributed by atoms with E-state index in [1.165, 1.54) is 31.4 Å². The van der Waals surface area contributed by atoms with Gasteiger partial charge in [0, 0.05) is 17.0 Å². The maximum atomic E-state index is 13.0. The molecule has 2 unspecified atom stereocenters. The molecule has 144 valence electrons. The van der Waals surface area contributed by atoms with Crippen molar-refractivity contribution in [3.8, 4) is 0 Å². The number of piperidine rings is 2. The summed E-state index contributed by atoms with van der Waals surface area (Å²) in [6, 6.07) is 18.0. The smallest absolute Gasteiger partial charge is 0.123 e. The number of nitrogens with zero attached hydrogens (tertiary/aromatic N) is 1. The second-order valence-electron chi connectivity index (χ2n) is 7.94. The summed E-state index contributed by atoms with van der Waals surface area (Å²) in [6.45, 7) is 1.09. The van der Waals surface area contributed by atoms with Gasteiger partial charge in [-0.1, -0.05) is 36.8 Å². The van der Waals surface area contributed by atoms with Gasteiger partial charge in [0.2, 0.25) is 0 Å². The van der Waals surface area contributed by atoms with Gasteiger partial charge >= 0.3 is 0 Å². The normalized spacial score (nSPS) is 28.2. The van der Waals surface area contributed by atoms with Crippen molar-refractivity contribution in [2.45, 2.75) is 61.1 Å². The second kappa shape index (κ2) is 8.34. The van der Waals surface area contributed by atoms with E-state index in [1.54, 1.807) is 11.8 Å². The lowest BCUT2D eigenvalue weighted by molar-refractivity contribution is -0.0963. The highest BCUT2D eigenvalue weighted by molar-refractivity contribution is 7.99. The Bertz CT molecular complexity index is 722. The lowest BCUT2D eigenvalue weighted by Gasteiger charge is -2.52. The first kappa shape index (κ1) is 19.0. The fraction of sp³-hybridized carbons (Fsp3) is 0.478. The van der Waals surface area contributed by atoms with Crippen molar-refractivity contribution < 1.29 is 9.50 Å². The van der Waals surface area contributed by atoms with E-state index in [0.29, 0.717) is 12.1 Å². The molecular formula is C23H28FNOS. The third-order valence-corrected chi connectivity index (χ3v) is 7.21. The molecule has 0 amide bonds. The largest absolute Gasteiger partial charge is 0.385 e. The van der Waals surface area contributed by atoms with Crippen molar-refractivity contribution in [2.75, 3.05) is 12.3 Å². The molecular weight excluding hydrogens is 357 g/mol. The highest BCUT2D eigenvalue weighted by Crippen LogP contribution is 2.44. The van der Waals surface area contributed by atoms with Crippen molar-refractivity contribution in [3.63, 3.8) is 0 Å². The average Bonchev–Trinajstić information content (AvgIpc) is 2.68. The molecule has 2 saturated heterocycles. The van der Waals surface area contributed by atoms with Crippen LogP contribution in [0.1, 0.15) is 44.1 Å². The Kier molecular flexibility index (Phi) is 5.86. The van der Waals surface area contributed by atoms with E-state index < -0.39 is 5.60 Å². The van der Waals surface area contributed by atoms with E-state index in [0.717, 1.165) is 42.0 Å². The van der Waals surface area contributed by atoms with Gasteiger partial charge in [-0.3, -0.25) is 4.90 Å². The molecule has 2 aliphatic heterocycles. The number of rotatable bonds is 6. The van der Waals surface area contributed by atoms with Crippen molar-refractivity contribution in [1.29, 1.82) is 0 Å². The summed E-state index contributed by atoms with van der Waals surface area (Å²) in [5.74, 6) is 0.872. The molecule has 2 fully saturated rings. The molecule has 2 aromatic carbocycles. The van der Waals surface area contributed by atoms with Gasteiger partial charge in [0.1, 0.15) is 5.82 Å². The third-order valence-electron chi connectivity index (χ3n) is 6.11. The number of benzene rings is 2. The van der Waals surface area contributed by atoms with Gasteiger partial charge in [0.15, 0.2) is 0 Å². The van der Waals surface area contributed by atoms with Gasteiger partial charge < -0.3 is 5.11 Å². The maximum Gasteiger partial charge on any atom is 0.123 e. The van der Waals surface area contributed by atoms with Gasteiger partial charge in [-0.15, -0.1) is 11.8 Å². The number of hydrogen-bond donors (Lipinski definition) is 1. The molecule has 4 heteroatoms. The fourth-order valence-electron chi connectivity index (χ4n) is 4.84. The molecule has 2 nitrogen and oxygen atoms in total. The lowest BCUT2D eigenvalue weighted by Crippen LogP contribution is -2.57. The predicted molar refractivity (Wildman–Crippen MR) is 109 cm³/mol. The van der Waals surface area contributed by atoms with E-state index in [1.807, 2.05) is 30.3 Å². The second-order valence-corrected chi connectivity index (χ2v) is 9.11. The Morgan fingerprint density at radius 3 is 2.33 bits per heavy atom. The first-order chi connectivity index (χ1) is 13.1. The minimum Gasteiger partial charge on any atom is -0.385 e. The number of aliphatic hydroxyl groups is 1. The molecule has 0 spiro atoms. The summed E-state index contributed by atoms with van der Waals surface area (Å²) >= 11 is 1.80. The van der Waals surface area contributed by atoms with Crippen LogP contribution in [0.4, 0.5) is 4.39 Å². The van der Waals surface area contributed by atoms with Crippen molar-refractivity contribution in [1.82, 2.24) is 4.90 Å². The highest BCUT2D eigenvalue weighted by atomic mass is 32.2. The van der Waals surface area contributed by atoms with Gasteiger partial charge in [-0.25, -0.2) is 4.39 Å². The van der Waals surface area contributed by atoms with E-state index >= 15 is 0 Å². The number of thioether (sulfide) groups is 1. The number of hydrogen-bond acceptors (Lipinski definition) is 3. The summed E-state index contributed by atoms with van der Waals surface area (Å²) in [7, 11) is 0. The van der Waals surface area contributed by atoms with Crippen LogP contribution in [0.3, 0.4) is 0 Å². The van der Waals surface area contributed by atoms with Crippen LogP contribution in [0.15, 0.2) is 59.5 Å². The molecule has 2 heterocycles. The summed E-state index contributed by atoms with van der Waals surface area (Å²) in [4.78, 5) is 3.79. The lowest BCUT2D eigenvalue weighted by atomic mass is 9.72. The van der Waals surface area contributed by atoms with E-state index in [-0.39, 0.29) is 5.82 Å². The van der Waals surface area contributed by atoms with Crippen LogP contribution in [0, 0.1) is 5.82 Å². The SMILES string of the molecule is OC1(c2ccccc2)CC2CCCC(C1)N2CCCSc1ccc(F)cc1. The van der Waals surface area contributed by atoms with Crippen LogP contribution in [0.2, 0.25) is 0 Å². The Hall–Kier alpha value is -1.36. The minimum absolute atomic E-state index is 0.175. The van der Waals surface area contributed by atoms with Gasteiger partial charge in [0.25, 0.3) is 0 Å². The molecule has 4 rings (SSSR count). The van der Waals surface area contributed by atoms with Crippen molar-refractivity contribution >= 4 is 11.8 Å². The summed E-state index contributed by atoms with van der Waals surface area (Å²) in [5, 5.41) is 11.3. The van der Waals surface area contributed by atoms with Gasteiger partial charge in [-0.2, -0.15) is 0 Å². The first-order valence-electron chi connectivity index (χ1n) is 10.1. The van der Waals surface area contributed by atoms with Crippen LogP contribution in [-0.4, -0.2) is 34.4 Å². The predicted octanol–water partition coefficient (Wildman–Crippen LogP) is 5.21. The summed E-state index contributed by atoms with van der Waals surface area (Å²) in [5.41, 5.74) is 0.407. The Morgan fingerprint density at radius 2 is 1.67 bits per heavy atom. The van der Waals surface area contributed by atoms with E-state index in [9.17, 15) is 9.50 Å². The molecule has 0 saturated carbocycles. The van der Waals surface area contributed by atoms with Crippen LogP contribution in [0.25, 0.3) is 0 Å². The Labute approximate surface area is 165 Å². The summed E-state index contributed by atoms with van der Waals surface area (Å²) in [6.07, 6.45) is 6.48.